The zero-order valence-corrected chi connectivity index (χ0v) is 6.54. The van der Waals surface area contributed by atoms with Crippen LogP contribution in [-0.4, -0.2) is 9.97 Å². The van der Waals surface area contributed by atoms with Crippen LogP contribution in [0.1, 0.15) is 19.2 Å². The SMILES string of the molecule is CCCc1nc(N)cc(N)n1. The van der Waals surface area contributed by atoms with E-state index in [0.29, 0.717) is 11.6 Å². The molecule has 0 amide bonds. The molecule has 4 heteroatoms. The summed E-state index contributed by atoms with van der Waals surface area (Å²) in [6, 6.07) is 1.55. The molecule has 0 bridgehead atoms. The van der Waals surface area contributed by atoms with Gasteiger partial charge >= 0.3 is 0 Å². The summed E-state index contributed by atoms with van der Waals surface area (Å²) in [7, 11) is 0. The van der Waals surface area contributed by atoms with Crippen LogP contribution in [0.5, 0.6) is 0 Å². The Morgan fingerprint density at radius 2 is 1.82 bits per heavy atom. The van der Waals surface area contributed by atoms with E-state index in [1.807, 2.05) is 0 Å². The molecule has 0 aliphatic heterocycles. The van der Waals surface area contributed by atoms with Gasteiger partial charge in [-0.2, -0.15) is 0 Å². The van der Waals surface area contributed by atoms with E-state index < -0.39 is 0 Å². The average Bonchev–Trinajstić information content (AvgIpc) is 1.85. The lowest BCUT2D eigenvalue weighted by atomic mass is 10.3. The molecule has 0 spiro atoms. The first-order valence-corrected chi connectivity index (χ1v) is 3.61. The number of nitrogens with zero attached hydrogens (tertiary/aromatic N) is 2. The van der Waals surface area contributed by atoms with Crippen molar-refractivity contribution in [2.45, 2.75) is 19.8 Å². The summed E-state index contributed by atoms with van der Waals surface area (Å²) in [4.78, 5) is 8.02. The predicted molar refractivity (Wildman–Crippen MR) is 44.9 cm³/mol. The average molecular weight is 152 g/mol. The lowest BCUT2D eigenvalue weighted by Crippen LogP contribution is -2.02. The quantitative estimate of drug-likeness (QED) is 0.650. The number of aromatic nitrogens is 2. The highest BCUT2D eigenvalue weighted by Crippen LogP contribution is 2.05. The first kappa shape index (κ1) is 7.78. The van der Waals surface area contributed by atoms with E-state index in [1.54, 1.807) is 6.07 Å². The fourth-order valence-corrected chi connectivity index (χ4v) is 0.875. The van der Waals surface area contributed by atoms with Gasteiger partial charge in [-0.05, 0) is 6.42 Å². The van der Waals surface area contributed by atoms with Crippen LogP contribution in [0, 0.1) is 0 Å². The van der Waals surface area contributed by atoms with Crippen LogP contribution in [0.2, 0.25) is 0 Å². The lowest BCUT2D eigenvalue weighted by Gasteiger charge is -1.99. The van der Waals surface area contributed by atoms with E-state index >= 15 is 0 Å². The van der Waals surface area contributed by atoms with Crippen molar-refractivity contribution >= 4 is 11.6 Å². The predicted octanol–water partition coefficient (Wildman–Crippen LogP) is 0.594. The van der Waals surface area contributed by atoms with E-state index in [1.165, 1.54) is 0 Å². The minimum Gasteiger partial charge on any atom is -0.384 e. The molecule has 0 fully saturated rings. The van der Waals surface area contributed by atoms with Crippen molar-refractivity contribution in [3.05, 3.63) is 11.9 Å². The van der Waals surface area contributed by atoms with Crippen molar-refractivity contribution < 1.29 is 0 Å². The zero-order chi connectivity index (χ0) is 8.27. The molecule has 11 heavy (non-hydrogen) atoms. The molecule has 4 N–H and O–H groups in total. The van der Waals surface area contributed by atoms with E-state index in [4.69, 9.17) is 11.5 Å². The zero-order valence-electron chi connectivity index (χ0n) is 6.54. The third kappa shape index (κ3) is 2.07. The normalized spacial score (nSPS) is 9.91. The number of rotatable bonds is 2. The Hall–Kier alpha value is -1.32. The van der Waals surface area contributed by atoms with E-state index in [2.05, 4.69) is 16.9 Å². The topological polar surface area (TPSA) is 77.8 Å². The van der Waals surface area contributed by atoms with Crippen molar-refractivity contribution in [3.63, 3.8) is 0 Å². The van der Waals surface area contributed by atoms with Crippen molar-refractivity contribution in [1.29, 1.82) is 0 Å². The molecule has 0 saturated carbocycles. The molecule has 60 valence electrons. The number of hydrogen-bond donors (Lipinski definition) is 2. The minimum atomic E-state index is 0.445. The molecule has 0 radical (unpaired) electrons. The van der Waals surface area contributed by atoms with Crippen LogP contribution in [0.4, 0.5) is 11.6 Å². The van der Waals surface area contributed by atoms with Gasteiger partial charge in [-0.15, -0.1) is 0 Å². The van der Waals surface area contributed by atoms with Gasteiger partial charge in [0.15, 0.2) is 0 Å². The molecule has 1 rings (SSSR count). The second kappa shape index (κ2) is 3.18. The van der Waals surface area contributed by atoms with E-state index in [0.717, 1.165) is 18.7 Å². The lowest BCUT2D eigenvalue weighted by molar-refractivity contribution is 0.840. The molecule has 0 aliphatic carbocycles. The maximum atomic E-state index is 5.46. The van der Waals surface area contributed by atoms with Crippen LogP contribution in [-0.2, 0) is 6.42 Å². The Morgan fingerprint density at radius 1 is 1.27 bits per heavy atom. The molecule has 1 aromatic heterocycles. The molecule has 0 atom stereocenters. The molecule has 0 unspecified atom stereocenters. The largest absolute Gasteiger partial charge is 0.384 e. The van der Waals surface area contributed by atoms with E-state index in [-0.39, 0.29) is 0 Å². The van der Waals surface area contributed by atoms with Crippen molar-refractivity contribution in [2.24, 2.45) is 0 Å². The van der Waals surface area contributed by atoms with Gasteiger partial charge in [0, 0.05) is 12.5 Å². The Kier molecular flexibility index (Phi) is 2.25. The van der Waals surface area contributed by atoms with Gasteiger partial charge in [-0.25, -0.2) is 9.97 Å². The van der Waals surface area contributed by atoms with Crippen LogP contribution >= 0.6 is 0 Å². The van der Waals surface area contributed by atoms with Gasteiger partial charge in [0.2, 0.25) is 0 Å². The second-order valence-corrected chi connectivity index (χ2v) is 2.38. The maximum Gasteiger partial charge on any atom is 0.133 e. The number of nitrogens with two attached hydrogens (primary N) is 2. The first-order chi connectivity index (χ1) is 5.22. The summed E-state index contributed by atoms with van der Waals surface area (Å²) in [6.45, 7) is 2.06. The van der Waals surface area contributed by atoms with E-state index in [9.17, 15) is 0 Å². The minimum absolute atomic E-state index is 0.445. The summed E-state index contributed by atoms with van der Waals surface area (Å²) in [5.74, 6) is 1.62. The molecular weight excluding hydrogens is 140 g/mol. The number of anilines is 2. The van der Waals surface area contributed by atoms with Gasteiger partial charge in [0.05, 0.1) is 0 Å². The van der Waals surface area contributed by atoms with Gasteiger partial charge in [-0.3, -0.25) is 0 Å². The van der Waals surface area contributed by atoms with Crippen molar-refractivity contribution in [1.82, 2.24) is 9.97 Å². The molecule has 1 heterocycles. The van der Waals surface area contributed by atoms with Crippen LogP contribution in [0.15, 0.2) is 6.07 Å². The highest BCUT2D eigenvalue weighted by atomic mass is 15.0. The third-order valence-electron chi connectivity index (χ3n) is 1.29. The number of nitrogen functional groups attached to an aromatic ring is 2. The van der Waals surface area contributed by atoms with Crippen LogP contribution in [0.25, 0.3) is 0 Å². The Labute approximate surface area is 65.6 Å². The third-order valence-corrected chi connectivity index (χ3v) is 1.29. The molecule has 1 aromatic rings. The number of aryl methyl sites for hydroxylation is 1. The van der Waals surface area contributed by atoms with Crippen LogP contribution in [0.3, 0.4) is 0 Å². The molecule has 0 aliphatic rings. The summed E-state index contributed by atoms with van der Waals surface area (Å²) in [6.07, 6.45) is 1.83. The van der Waals surface area contributed by atoms with Crippen LogP contribution < -0.4 is 11.5 Å². The van der Waals surface area contributed by atoms with Crippen molar-refractivity contribution in [3.8, 4) is 0 Å². The van der Waals surface area contributed by atoms with Gasteiger partial charge in [0.1, 0.15) is 17.5 Å². The Morgan fingerprint density at radius 3 is 2.27 bits per heavy atom. The first-order valence-electron chi connectivity index (χ1n) is 3.61. The van der Waals surface area contributed by atoms with Gasteiger partial charge < -0.3 is 11.5 Å². The van der Waals surface area contributed by atoms with Gasteiger partial charge in [0.25, 0.3) is 0 Å². The second-order valence-electron chi connectivity index (χ2n) is 2.38. The fourth-order valence-electron chi connectivity index (χ4n) is 0.875. The van der Waals surface area contributed by atoms with Gasteiger partial charge in [-0.1, -0.05) is 6.92 Å². The molecule has 0 aromatic carbocycles. The molecular formula is C7H12N4. The smallest absolute Gasteiger partial charge is 0.133 e. The summed E-state index contributed by atoms with van der Waals surface area (Å²) >= 11 is 0. The standard InChI is InChI=1S/C7H12N4/c1-2-3-7-10-5(8)4-6(9)11-7/h4H,2-3H2,1H3,(H4,8,9,10,11). The summed E-state index contributed by atoms with van der Waals surface area (Å²) in [5.41, 5.74) is 10.9. The molecule has 4 nitrogen and oxygen atoms in total. The number of hydrogen-bond acceptors (Lipinski definition) is 4. The highest BCUT2D eigenvalue weighted by Gasteiger charge is 1.97. The monoisotopic (exact) mass is 152 g/mol. The Balaban J connectivity index is 2.89. The summed E-state index contributed by atoms with van der Waals surface area (Å²) < 4.78 is 0. The summed E-state index contributed by atoms with van der Waals surface area (Å²) in [5, 5.41) is 0. The Bertz CT molecular complexity index is 226. The highest BCUT2D eigenvalue weighted by molar-refractivity contribution is 5.40. The maximum absolute atomic E-state index is 5.46. The molecule has 0 saturated heterocycles. The van der Waals surface area contributed by atoms with Crippen molar-refractivity contribution in [2.75, 3.05) is 11.5 Å². The fraction of sp³-hybridized carbons (Fsp3) is 0.429.